The van der Waals surface area contributed by atoms with Crippen molar-refractivity contribution in [3.8, 4) is 0 Å². The molecule has 0 aromatic heterocycles. The van der Waals surface area contributed by atoms with Crippen molar-refractivity contribution in [1.29, 1.82) is 0 Å². The molecule has 3 aliphatic carbocycles. The van der Waals surface area contributed by atoms with E-state index < -0.39 is 82.0 Å². The summed E-state index contributed by atoms with van der Waals surface area (Å²) in [5.74, 6) is -4.39. The van der Waals surface area contributed by atoms with Gasteiger partial charge in [0.15, 0.2) is 11.9 Å². The third-order valence-electron chi connectivity index (χ3n) is 11.3. The van der Waals surface area contributed by atoms with Crippen LogP contribution in [0.3, 0.4) is 0 Å². The zero-order valence-corrected chi connectivity index (χ0v) is 41.4. The molecule has 5 rings (SSSR count). The predicted molar refractivity (Wildman–Crippen MR) is 172 cm³/mol. The Morgan fingerprint density at radius 3 is 2.10 bits per heavy atom. The van der Waals surface area contributed by atoms with Gasteiger partial charge in [-0.05, 0) is 54.5 Å². The number of carbonyl (C=O) groups excluding carboxylic acids is 3. The van der Waals surface area contributed by atoms with Crippen molar-refractivity contribution in [3.05, 3.63) is 96.3 Å². The van der Waals surface area contributed by atoms with E-state index in [4.69, 9.17) is 4.74 Å². The number of carbonyl (C=O) groups is 3. The molecule has 3 aliphatic rings. The molecular formula is C37H45Ac2NO9W. The van der Waals surface area contributed by atoms with Gasteiger partial charge in [0.2, 0.25) is 0 Å². The summed E-state index contributed by atoms with van der Waals surface area (Å²) in [5.41, 5.74) is -5.35. The van der Waals surface area contributed by atoms with Crippen LogP contribution in [0.15, 0.2) is 71.8 Å². The predicted octanol–water partition coefficient (Wildman–Crippen LogP) is 2.64. The third-order valence-corrected chi connectivity index (χ3v) is 11.3. The number of aliphatic hydroxyl groups excluding tert-OH is 3. The smallest absolute Gasteiger partial charge is 0.456 e. The molecule has 2 aromatic rings. The first kappa shape index (κ1) is 46.3. The van der Waals surface area contributed by atoms with Crippen LogP contribution >= 0.6 is 0 Å². The molecule has 13 heteroatoms. The number of ether oxygens (including phenoxy) is 1. The molecule has 9 unspecified atom stereocenters. The average molecular weight is 1290 g/mol. The maximum atomic E-state index is 14.2. The molecule has 0 aliphatic heterocycles. The van der Waals surface area contributed by atoms with Crippen molar-refractivity contribution in [2.24, 2.45) is 22.7 Å². The van der Waals surface area contributed by atoms with Crippen LogP contribution in [-0.2, 0) is 35.4 Å². The zero-order chi connectivity index (χ0) is 34.7. The normalized spacial score (nSPS) is 34.1. The second-order valence-corrected chi connectivity index (χ2v) is 14.2. The summed E-state index contributed by atoms with van der Waals surface area (Å²) in [5, 5.41) is 61.1. The van der Waals surface area contributed by atoms with E-state index in [1.807, 2.05) is 0 Å². The van der Waals surface area contributed by atoms with E-state index in [1.54, 1.807) is 88.4 Å². The largest absolute Gasteiger partial charge is 2.00 e. The summed E-state index contributed by atoms with van der Waals surface area (Å²) < 4.78 is 5.90. The van der Waals surface area contributed by atoms with Gasteiger partial charge in [0, 0.05) is 112 Å². The van der Waals surface area contributed by atoms with E-state index in [1.165, 1.54) is 13.3 Å². The molecule has 2 radical (unpaired) electrons. The fourth-order valence-corrected chi connectivity index (χ4v) is 8.58. The van der Waals surface area contributed by atoms with Gasteiger partial charge in [0.1, 0.15) is 12.2 Å². The van der Waals surface area contributed by atoms with Gasteiger partial charge in [-0.1, -0.05) is 69.3 Å². The Balaban J connectivity index is 0.00000289. The first-order valence-electron chi connectivity index (χ1n) is 15.9. The van der Waals surface area contributed by atoms with Crippen LogP contribution in [0.25, 0.3) is 0 Å². The molecule has 0 saturated heterocycles. The van der Waals surface area contributed by atoms with Crippen LogP contribution in [0.4, 0.5) is 0 Å². The van der Waals surface area contributed by atoms with Gasteiger partial charge in [-0.15, -0.1) is 0 Å². The molecule has 1 amide bonds. The monoisotopic (exact) mass is 1290 g/mol. The Morgan fingerprint density at radius 1 is 1.00 bits per heavy atom. The van der Waals surface area contributed by atoms with E-state index in [9.17, 15) is 39.9 Å². The molecule has 264 valence electrons. The fraction of sp³-hybridized carbons (Fsp3) is 0.486. The number of aliphatic hydroxyl groups is 5. The topological polar surface area (TPSA) is 174 Å². The number of fused-ring (bicyclic) bond motifs is 3. The van der Waals surface area contributed by atoms with Crippen molar-refractivity contribution in [2.75, 3.05) is 0 Å². The molecule has 10 atom stereocenters. The Kier molecular flexibility index (Phi) is 16.0. The molecule has 2 saturated carbocycles. The number of ketones is 1. The average Bonchev–Trinajstić information content (AvgIpc) is 3.03. The Bertz CT molecular complexity index is 1570. The summed E-state index contributed by atoms with van der Waals surface area (Å²) in [7, 11) is 0. The number of Topliss-reactive ketones (excluding diaryl/α,β-unsaturated/α-hetero) is 1. The van der Waals surface area contributed by atoms with Crippen LogP contribution in [0.1, 0.15) is 69.4 Å². The molecule has 50 heavy (non-hydrogen) atoms. The van der Waals surface area contributed by atoms with Crippen LogP contribution in [0.2, 0.25) is 0 Å². The minimum Gasteiger partial charge on any atom is -0.456 e. The number of hydrogen-bond acceptors (Lipinski definition) is 9. The van der Waals surface area contributed by atoms with Crippen molar-refractivity contribution in [1.82, 2.24) is 5.32 Å². The molecule has 6 N–H and O–H groups in total. The van der Waals surface area contributed by atoms with E-state index in [0.29, 0.717) is 16.7 Å². The molecule has 10 nitrogen and oxygen atoms in total. The van der Waals surface area contributed by atoms with E-state index >= 15 is 0 Å². The van der Waals surface area contributed by atoms with Gasteiger partial charge < -0.3 is 48.9 Å². The molecule has 2 bridgehead atoms. The number of nitrogens with one attached hydrogen (secondary N) is 1. The number of esters is 1. The maximum absolute atomic E-state index is 14.2. The van der Waals surface area contributed by atoms with Crippen molar-refractivity contribution in [2.45, 2.75) is 89.1 Å². The van der Waals surface area contributed by atoms with Gasteiger partial charge >= 0.3 is 27.0 Å². The second-order valence-electron chi connectivity index (χ2n) is 14.2. The van der Waals surface area contributed by atoms with E-state index in [2.05, 4.69) is 12.2 Å². The Labute approximate surface area is 380 Å². The molecule has 0 heterocycles. The first-order valence-corrected chi connectivity index (χ1v) is 15.9. The first-order chi connectivity index (χ1) is 21.9. The van der Waals surface area contributed by atoms with Crippen molar-refractivity contribution in [3.63, 3.8) is 0 Å². The van der Waals surface area contributed by atoms with Gasteiger partial charge in [-0.2, -0.15) is 12.0 Å². The van der Waals surface area contributed by atoms with Crippen LogP contribution < -0.4 is 5.32 Å². The zero-order valence-electron chi connectivity index (χ0n) is 28.9. The quantitative estimate of drug-likeness (QED) is 0.145. The molecule has 2 aromatic carbocycles. The maximum Gasteiger partial charge on any atom is 2.00 e. The van der Waals surface area contributed by atoms with Gasteiger partial charge in [0.25, 0.3) is 5.91 Å². The summed E-state index contributed by atoms with van der Waals surface area (Å²) in [6.45, 7) is 12.1. The van der Waals surface area contributed by atoms with E-state index in [-0.39, 0.29) is 128 Å². The number of rotatable bonds is 6. The van der Waals surface area contributed by atoms with Crippen molar-refractivity contribution < 1.29 is 154 Å². The minimum atomic E-state index is -1.88. The minimum absolute atomic E-state index is 0. The second kappa shape index (κ2) is 17.3. The van der Waals surface area contributed by atoms with E-state index in [0.717, 1.165) is 0 Å². The molecule has 0 spiro atoms. The standard InChI is InChI=1S/C37H45NO9.2Ac.W/c1-20-24(47-33(44)29(41)27(22-13-9-7-10-14-22)38-32(43)23-15-11-8-12-16-23)19-37(46)21(2)30-35(5,45)18-17-25(39)36(30,6)31(42)28(40)26(20)34(37,3)4;;;/h7-16,18,21,24-25,27-30,39-41,45-46H,5,17,19H2,1-4,6H3,(H,38,43);;;/q-2;;;+2/t21?,24?,25?,27?,28?,29?,30?,35?,36-,37?;;;/m1.../s1. The Hall–Kier alpha value is 0.161. The van der Waals surface area contributed by atoms with Gasteiger partial charge in [-0.3, -0.25) is 9.59 Å². The Morgan fingerprint density at radius 2 is 1.54 bits per heavy atom. The van der Waals surface area contributed by atoms with Crippen LogP contribution in [0, 0.1) is 124 Å². The fourth-order valence-electron chi connectivity index (χ4n) is 8.58. The summed E-state index contributed by atoms with van der Waals surface area (Å²) >= 11 is 0. The van der Waals surface area contributed by atoms with Crippen molar-refractivity contribution >= 4 is 17.7 Å². The van der Waals surface area contributed by atoms with Crippen LogP contribution in [-0.4, -0.2) is 78.8 Å². The molecule has 2 fully saturated rings. The molecular weight excluding hydrogens is 1240 g/mol. The summed E-state index contributed by atoms with van der Waals surface area (Å²) in [6.07, 6.45) is -4.97. The van der Waals surface area contributed by atoms with Gasteiger partial charge in [0.05, 0.1) is 17.1 Å². The number of hydrogen-bond donors (Lipinski definition) is 6. The summed E-state index contributed by atoms with van der Waals surface area (Å²) in [6, 6.07) is 15.6. The number of amides is 1. The summed E-state index contributed by atoms with van der Waals surface area (Å²) in [4.78, 5) is 41.0. The SMILES string of the molecule is [Ac].[Ac].[CH2-]C1(O)[CH-]CC(O)[C@@]2(C)C(=O)C(O)C3=C(C)C(OC(=O)C(O)C(NC(=O)c4ccccc4)c4ccccc4)CC(O)(C(C)C12)C3(C)C.[W+2]. The van der Waals surface area contributed by atoms with Crippen LogP contribution in [0.5, 0.6) is 0 Å². The number of benzene rings is 2. The van der Waals surface area contributed by atoms with Gasteiger partial charge in [-0.25, -0.2) is 4.79 Å². The third kappa shape index (κ3) is 7.94.